The molecule has 116 valence electrons. The van der Waals surface area contributed by atoms with E-state index in [2.05, 4.69) is 9.98 Å². The highest BCUT2D eigenvalue weighted by molar-refractivity contribution is 6.29. The van der Waals surface area contributed by atoms with Gasteiger partial charge in [0.1, 0.15) is 10.6 Å². The maximum Gasteiger partial charge on any atom is 0.473 e. The molecule has 0 spiro atoms. The fraction of sp³-hybridized carbons (Fsp3) is 0.214. The molecule has 22 heavy (non-hydrogen) atoms. The highest BCUT2D eigenvalue weighted by Crippen LogP contribution is 2.18. The predicted octanol–water partition coefficient (Wildman–Crippen LogP) is 3.14. The molecule has 2 aromatic rings. The Hall–Kier alpha value is -2.15. The number of hydrogen-bond acceptors (Lipinski definition) is 2. The van der Waals surface area contributed by atoms with Crippen molar-refractivity contribution >= 4 is 17.5 Å². The first-order valence-electron chi connectivity index (χ1n) is 6.23. The first kappa shape index (κ1) is 16.2. The van der Waals surface area contributed by atoms with E-state index in [1.54, 1.807) is 31.3 Å². The molecule has 0 saturated heterocycles. The summed E-state index contributed by atoms with van der Waals surface area (Å²) in [6, 6.07) is 7.39. The largest absolute Gasteiger partial charge is 0.473 e. The molecule has 0 bridgehead atoms. The van der Waals surface area contributed by atoms with Crippen molar-refractivity contribution in [3.05, 3.63) is 58.9 Å². The molecular weight excluding hydrogens is 319 g/mol. The monoisotopic (exact) mass is 329 g/mol. The zero-order valence-corrected chi connectivity index (χ0v) is 12.1. The Morgan fingerprint density at radius 2 is 2.05 bits per heavy atom. The topological polar surface area (TPSA) is 47.2 Å². The zero-order chi connectivity index (χ0) is 16.3. The number of rotatable bonds is 2. The SMILES string of the molecule is CC(c1ccc(Cl)nc1)n1ccccc1=NC(=O)C(F)(F)F. The minimum absolute atomic E-state index is 0.0905. The van der Waals surface area contributed by atoms with Crippen molar-refractivity contribution < 1.29 is 18.0 Å². The van der Waals surface area contributed by atoms with Crippen LogP contribution in [0.4, 0.5) is 13.2 Å². The molecule has 0 aromatic carbocycles. The number of carbonyl (C=O) groups is 1. The van der Waals surface area contributed by atoms with E-state index in [1.807, 2.05) is 0 Å². The van der Waals surface area contributed by atoms with Crippen LogP contribution in [-0.2, 0) is 4.79 Å². The molecule has 4 nitrogen and oxygen atoms in total. The van der Waals surface area contributed by atoms with Gasteiger partial charge in [0, 0.05) is 12.4 Å². The van der Waals surface area contributed by atoms with E-state index in [1.165, 1.54) is 22.9 Å². The van der Waals surface area contributed by atoms with Crippen molar-refractivity contribution in [3.63, 3.8) is 0 Å². The lowest BCUT2D eigenvalue weighted by atomic mass is 10.1. The third kappa shape index (κ3) is 3.73. The summed E-state index contributed by atoms with van der Waals surface area (Å²) >= 11 is 5.71. The Labute approximate surface area is 128 Å². The molecule has 0 N–H and O–H groups in total. The van der Waals surface area contributed by atoms with Crippen molar-refractivity contribution in [2.45, 2.75) is 19.1 Å². The second kappa shape index (κ2) is 6.31. The molecular formula is C14H11ClF3N3O. The number of nitrogens with zero attached hydrogens (tertiary/aromatic N) is 3. The molecule has 1 unspecified atom stereocenters. The van der Waals surface area contributed by atoms with Crippen LogP contribution in [0.5, 0.6) is 0 Å². The molecule has 0 fully saturated rings. The van der Waals surface area contributed by atoms with Crippen LogP contribution in [-0.4, -0.2) is 21.6 Å². The maximum atomic E-state index is 12.4. The maximum absolute atomic E-state index is 12.4. The molecule has 0 aliphatic carbocycles. The van der Waals surface area contributed by atoms with Gasteiger partial charge >= 0.3 is 12.1 Å². The van der Waals surface area contributed by atoms with Gasteiger partial charge in [0.15, 0.2) is 0 Å². The summed E-state index contributed by atoms with van der Waals surface area (Å²) in [6.45, 7) is 1.75. The van der Waals surface area contributed by atoms with Crippen LogP contribution in [0.25, 0.3) is 0 Å². The minimum Gasteiger partial charge on any atom is -0.326 e. The Balaban J connectivity index is 2.46. The average Bonchev–Trinajstić information content (AvgIpc) is 2.47. The molecule has 0 aliphatic heterocycles. The van der Waals surface area contributed by atoms with E-state index in [-0.39, 0.29) is 11.5 Å². The molecule has 0 radical (unpaired) electrons. The van der Waals surface area contributed by atoms with Gasteiger partial charge in [-0.25, -0.2) is 4.98 Å². The number of aromatic nitrogens is 2. The predicted molar refractivity (Wildman–Crippen MR) is 74.1 cm³/mol. The lowest BCUT2D eigenvalue weighted by Gasteiger charge is -2.16. The number of amides is 1. The van der Waals surface area contributed by atoms with E-state index < -0.39 is 12.1 Å². The van der Waals surface area contributed by atoms with Crippen LogP contribution < -0.4 is 5.49 Å². The van der Waals surface area contributed by atoms with E-state index >= 15 is 0 Å². The quantitative estimate of drug-likeness (QED) is 0.795. The Morgan fingerprint density at radius 1 is 1.32 bits per heavy atom. The van der Waals surface area contributed by atoms with Crippen LogP contribution in [0.1, 0.15) is 18.5 Å². The molecule has 1 amide bonds. The standard InChI is InChI=1S/C14H11ClF3N3O/c1-9(10-5-6-11(15)19-8-10)21-7-3-2-4-12(21)20-13(22)14(16,17)18/h2-9H,1H3. The van der Waals surface area contributed by atoms with Crippen molar-refractivity contribution in [1.29, 1.82) is 0 Å². The van der Waals surface area contributed by atoms with Crippen LogP contribution in [0, 0.1) is 0 Å². The van der Waals surface area contributed by atoms with Crippen LogP contribution >= 0.6 is 11.6 Å². The summed E-state index contributed by atoms with van der Waals surface area (Å²) in [6.07, 6.45) is -1.94. The summed E-state index contributed by atoms with van der Waals surface area (Å²) in [7, 11) is 0. The Kier molecular flexibility index (Phi) is 4.65. The Morgan fingerprint density at radius 3 is 2.64 bits per heavy atom. The highest BCUT2D eigenvalue weighted by atomic mass is 35.5. The number of alkyl halides is 3. The lowest BCUT2D eigenvalue weighted by molar-refractivity contribution is -0.169. The van der Waals surface area contributed by atoms with Gasteiger partial charge in [0.05, 0.1) is 6.04 Å². The van der Waals surface area contributed by atoms with Crippen molar-refractivity contribution in [3.8, 4) is 0 Å². The molecule has 0 saturated carbocycles. The third-order valence-corrected chi connectivity index (χ3v) is 3.20. The van der Waals surface area contributed by atoms with Gasteiger partial charge in [-0.1, -0.05) is 23.7 Å². The van der Waals surface area contributed by atoms with E-state index in [0.29, 0.717) is 5.15 Å². The van der Waals surface area contributed by atoms with Gasteiger partial charge in [-0.3, -0.25) is 4.79 Å². The normalized spacial score (nSPS) is 14.0. The number of halogens is 4. The third-order valence-electron chi connectivity index (χ3n) is 2.98. The highest BCUT2D eigenvalue weighted by Gasteiger charge is 2.38. The first-order valence-corrected chi connectivity index (χ1v) is 6.61. The summed E-state index contributed by atoms with van der Waals surface area (Å²) in [4.78, 5) is 18.1. The molecule has 2 aromatic heterocycles. The fourth-order valence-electron chi connectivity index (χ4n) is 1.83. The fourth-order valence-corrected chi connectivity index (χ4v) is 1.94. The van der Waals surface area contributed by atoms with Crippen LogP contribution in [0.15, 0.2) is 47.7 Å². The van der Waals surface area contributed by atoms with Gasteiger partial charge in [0.25, 0.3) is 0 Å². The molecule has 2 rings (SSSR count). The minimum atomic E-state index is -5.00. The second-order valence-corrected chi connectivity index (χ2v) is 4.86. The van der Waals surface area contributed by atoms with Gasteiger partial charge < -0.3 is 4.57 Å². The van der Waals surface area contributed by atoms with Crippen molar-refractivity contribution in [2.75, 3.05) is 0 Å². The molecule has 8 heteroatoms. The number of hydrogen-bond donors (Lipinski definition) is 0. The molecule has 1 atom stereocenters. The van der Waals surface area contributed by atoms with Crippen LogP contribution in [0.2, 0.25) is 5.15 Å². The summed E-state index contributed by atoms with van der Waals surface area (Å²) in [5, 5.41) is 0.311. The zero-order valence-electron chi connectivity index (χ0n) is 11.4. The summed E-state index contributed by atoms with van der Waals surface area (Å²) in [5.41, 5.74) is 0.629. The smallest absolute Gasteiger partial charge is 0.326 e. The summed E-state index contributed by atoms with van der Waals surface area (Å²) < 4.78 is 38.5. The first-order chi connectivity index (χ1) is 10.3. The Bertz CT molecular complexity index is 738. The van der Waals surface area contributed by atoms with E-state index in [0.717, 1.165) is 5.56 Å². The summed E-state index contributed by atoms with van der Waals surface area (Å²) in [5.74, 6) is -2.14. The van der Waals surface area contributed by atoms with Crippen molar-refractivity contribution in [2.24, 2.45) is 4.99 Å². The van der Waals surface area contributed by atoms with Gasteiger partial charge in [-0.2, -0.15) is 18.2 Å². The second-order valence-electron chi connectivity index (χ2n) is 4.47. The van der Waals surface area contributed by atoms with E-state index in [9.17, 15) is 18.0 Å². The van der Waals surface area contributed by atoms with Crippen LogP contribution in [0.3, 0.4) is 0 Å². The van der Waals surface area contributed by atoms with E-state index in [4.69, 9.17) is 11.6 Å². The molecule has 2 heterocycles. The molecule has 0 aliphatic rings. The number of pyridine rings is 2. The van der Waals surface area contributed by atoms with Gasteiger partial charge in [-0.05, 0) is 30.7 Å². The van der Waals surface area contributed by atoms with Crippen molar-refractivity contribution in [1.82, 2.24) is 9.55 Å². The number of carbonyl (C=O) groups excluding carboxylic acids is 1. The van der Waals surface area contributed by atoms with Gasteiger partial charge in [-0.15, -0.1) is 0 Å². The van der Waals surface area contributed by atoms with Gasteiger partial charge in [0.2, 0.25) is 0 Å². The lowest BCUT2D eigenvalue weighted by Crippen LogP contribution is -2.29. The average molecular weight is 330 g/mol.